The van der Waals surface area contributed by atoms with Crippen LogP contribution in [0.1, 0.15) is 19.0 Å². The van der Waals surface area contributed by atoms with Gasteiger partial charge < -0.3 is 10.1 Å². The maximum atomic E-state index is 13.1. The molecule has 0 fully saturated rings. The molecule has 0 amide bonds. The van der Waals surface area contributed by atoms with Crippen LogP contribution in [0.5, 0.6) is 11.6 Å². The lowest BCUT2D eigenvalue weighted by molar-refractivity contribution is 0.451. The molecule has 106 valence electrons. The molecule has 0 atom stereocenters. The second-order valence-electron chi connectivity index (χ2n) is 4.22. The lowest BCUT2D eigenvalue weighted by Gasteiger charge is -2.06. The monoisotopic (exact) mass is 339 g/mol. The van der Waals surface area contributed by atoms with Gasteiger partial charge in [-0.15, -0.1) is 5.10 Å². The summed E-state index contributed by atoms with van der Waals surface area (Å²) < 4.78 is 19.0. The third-order valence-electron chi connectivity index (χ3n) is 2.54. The van der Waals surface area contributed by atoms with E-state index in [-0.39, 0.29) is 5.82 Å². The molecule has 0 spiro atoms. The molecule has 6 heteroatoms. The van der Waals surface area contributed by atoms with E-state index < -0.39 is 0 Å². The van der Waals surface area contributed by atoms with Crippen LogP contribution in [0.25, 0.3) is 0 Å². The molecule has 2 rings (SSSR count). The third kappa shape index (κ3) is 4.25. The van der Waals surface area contributed by atoms with Crippen molar-refractivity contribution in [2.75, 3.05) is 6.54 Å². The molecule has 0 saturated carbocycles. The summed E-state index contributed by atoms with van der Waals surface area (Å²) in [6.07, 6.45) is 1.08. The van der Waals surface area contributed by atoms with Gasteiger partial charge in [-0.25, -0.2) is 4.39 Å². The number of hydrogen-bond acceptors (Lipinski definition) is 4. The Morgan fingerprint density at radius 3 is 2.75 bits per heavy atom. The van der Waals surface area contributed by atoms with Crippen molar-refractivity contribution in [2.45, 2.75) is 19.9 Å². The first-order valence-electron chi connectivity index (χ1n) is 6.35. The van der Waals surface area contributed by atoms with Crippen LogP contribution in [0.3, 0.4) is 0 Å². The molecule has 0 saturated heterocycles. The zero-order valence-electron chi connectivity index (χ0n) is 11.1. The summed E-state index contributed by atoms with van der Waals surface area (Å²) in [5.41, 5.74) is 0.853. The topological polar surface area (TPSA) is 47.0 Å². The maximum absolute atomic E-state index is 13.1. The molecule has 0 aliphatic rings. The fourth-order valence-corrected chi connectivity index (χ4v) is 1.91. The second-order valence-corrected chi connectivity index (χ2v) is 5.07. The van der Waals surface area contributed by atoms with E-state index in [0.29, 0.717) is 22.6 Å². The maximum Gasteiger partial charge on any atom is 0.238 e. The predicted molar refractivity (Wildman–Crippen MR) is 78.2 cm³/mol. The summed E-state index contributed by atoms with van der Waals surface area (Å²) >= 11 is 3.11. The largest absolute Gasteiger partial charge is 0.437 e. The Morgan fingerprint density at radius 2 is 2.10 bits per heavy atom. The normalized spacial score (nSPS) is 10.6. The Bertz CT molecular complexity index is 563. The van der Waals surface area contributed by atoms with Gasteiger partial charge in [0.05, 0.1) is 10.2 Å². The highest BCUT2D eigenvalue weighted by atomic mass is 79.9. The molecule has 1 heterocycles. The zero-order chi connectivity index (χ0) is 14.4. The minimum absolute atomic E-state index is 0.333. The molecule has 20 heavy (non-hydrogen) atoms. The highest BCUT2D eigenvalue weighted by molar-refractivity contribution is 9.10. The van der Waals surface area contributed by atoms with E-state index in [9.17, 15) is 4.39 Å². The molecule has 4 nitrogen and oxygen atoms in total. The van der Waals surface area contributed by atoms with E-state index in [1.54, 1.807) is 18.2 Å². The molecule has 0 aliphatic heterocycles. The summed E-state index contributed by atoms with van der Waals surface area (Å²) in [5.74, 6) is 0.549. The number of nitrogens with zero attached hydrogens (tertiary/aromatic N) is 2. The van der Waals surface area contributed by atoms with Gasteiger partial charge in [0.15, 0.2) is 0 Å². The van der Waals surface area contributed by atoms with Gasteiger partial charge in [-0.05, 0) is 53.2 Å². The Morgan fingerprint density at radius 1 is 1.25 bits per heavy atom. The lowest BCUT2D eigenvalue weighted by atomic mass is 10.3. The number of ether oxygens (including phenoxy) is 1. The van der Waals surface area contributed by atoms with Crippen molar-refractivity contribution in [1.82, 2.24) is 15.5 Å². The number of nitrogens with one attached hydrogen (secondary N) is 1. The smallest absolute Gasteiger partial charge is 0.238 e. The van der Waals surface area contributed by atoms with Crippen molar-refractivity contribution in [3.63, 3.8) is 0 Å². The van der Waals surface area contributed by atoms with Crippen LogP contribution >= 0.6 is 15.9 Å². The Balaban J connectivity index is 1.97. The number of rotatable bonds is 6. The molecule has 0 bridgehead atoms. The first-order valence-corrected chi connectivity index (χ1v) is 7.14. The quantitative estimate of drug-likeness (QED) is 0.815. The van der Waals surface area contributed by atoms with Crippen LogP contribution in [0.15, 0.2) is 34.8 Å². The Kier molecular flexibility index (Phi) is 5.43. The molecule has 0 radical (unpaired) electrons. The van der Waals surface area contributed by atoms with Gasteiger partial charge in [0, 0.05) is 12.6 Å². The number of benzene rings is 1. The number of aromatic nitrogens is 2. The molecule has 1 aromatic carbocycles. The van der Waals surface area contributed by atoms with Crippen molar-refractivity contribution in [1.29, 1.82) is 0 Å². The van der Waals surface area contributed by atoms with Crippen molar-refractivity contribution in [3.8, 4) is 11.6 Å². The predicted octanol–water partition coefficient (Wildman–Crippen LogP) is 3.67. The summed E-state index contributed by atoms with van der Waals surface area (Å²) in [5, 5.41) is 11.3. The van der Waals surface area contributed by atoms with Crippen molar-refractivity contribution >= 4 is 15.9 Å². The van der Waals surface area contributed by atoms with Gasteiger partial charge in [-0.3, -0.25) is 0 Å². The molecule has 0 unspecified atom stereocenters. The number of halogens is 2. The molecular weight excluding hydrogens is 325 g/mol. The highest BCUT2D eigenvalue weighted by Crippen LogP contribution is 2.24. The zero-order valence-corrected chi connectivity index (χ0v) is 12.7. The minimum Gasteiger partial charge on any atom is -0.437 e. The Labute approximate surface area is 125 Å². The molecule has 1 aromatic heterocycles. The van der Waals surface area contributed by atoms with E-state index in [4.69, 9.17) is 4.74 Å². The summed E-state index contributed by atoms with van der Waals surface area (Å²) in [7, 11) is 0. The first kappa shape index (κ1) is 14.9. The van der Waals surface area contributed by atoms with Gasteiger partial charge >= 0.3 is 0 Å². The van der Waals surface area contributed by atoms with Crippen LogP contribution in [-0.4, -0.2) is 16.7 Å². The molecular formula is C14H15BrFN3O. The molecule has 0 aliphatic carbocycles. The number of hydrogen-bond donors (Lipinski definition) is 1. The van der Waals surface area contributed by atoms with Gasteiger partial charge in [0.25, 0.3) is 0 Å². The van der Waals surface area contributed by atoms with Crippen LogP contribution in [0.4, 0.5) is 4.39 Å². The van der Waals surface area contributed by atoms with Crippen molar-refractivity contribution < 1.29 is 9.13 Å². The third-order valence-corrected chi connectivity index (χ3v) is 3.15. The van der Waals surface area contributed by atoms with Crippen molar-refractivity contribution in [2.24, 2.45) is 0 Å². The van der Waals surface area contributed by atoms with Crippen molar-refractivity contribution in [3.05, 3.63) is 46.3 Å². The van der Waals surface area contributed by atoms with Gasteiger partial charge in [0.2, 0.25) is 5.88 Å². The molecule has 1 N–H and O–H groups in total. The fourth-order valence-electron chi connectivity index (χ4n) is 1.55. The van der Waals surface area contributed by atoms with Gasteiger partial charge in [-0.2, -0.15) is 5.10 Å². The van der Waals surface area contributed by atoms with Crippen LogP contribution in [0.2, 0.25) is 0 Å². The summed E-state index contributed by atoms with van der Waals surface area (Å²) in [6, 6.07) is 8.01. The summed E-state index contributed by atoms with van der Waals surface area (Å²) in [6.45, 7) is 3.74. The minimum atomic E-state index is -0.333. The van der Waals surface area contributed by atoms with Crippen LogP contribution < -0.4 is 10.1 Å². The fraction of sp³-hybridized carbons (Fsp3) is 0.286. The van der Waals surface area contributed by atoms with Crippen LogP contribution in [0, 0.1) is 5.82 Å². The SMILES string of the molecule is CCCNCc1ccc(Oc2ccc(F)c(Br)c2)nn1. The van der Waals surface area contributed by atoms with E-state index in [2.05, 4.69) is 38.4 Å². The lowest BCUT2D eigenvalue weighted by Crippen LogP contribution is -2.15. The summed E-state index contributed by atoms with van der Waals surface area (Å²) in [4.78, 5) is 0. The second kappa shape index (κ2) is 7.31. The first-order chi connectivity index (χ1) is 9.69. The highest BCUT2D eigenvalue weighted by Gasteiger charge is 2.04. The van der Waals surface area contributed by atoms with Gasteiger partial charge in [0.1, 0.15) is 11.6 Å². The standard InChI is InChI=1S/C14H15BrFN3O/c1-2-7-17-9-10-3-6-14(19-18-10)20-11-4-5-13(16)12(15)8-11/h3-6,8,17H,2,7,9H2,1H3. The van der Waals surface area contributed by atoms with E-state index >= 15 is 0 Å². The Hall–Kier alpha value is -1.53. The van der Waals surface area contributed by atoms with Gasteiger partial charge in [-0.1, -0.05) is 6.92 Å². The van der Waals surface area contributed by atoms with E-state index in [0.717, 1.165) is 18.7 Å². The van der Waals surface area contributed by atoms with E-state index in [1.807, 2.05) is 6.07 Å². The average Bonchev–Trinajstić information content (AvgIpc) is 2.45. The van der Waals surface area contributed by atoms with Crippen LogP contribution in [-0.2, 0) is 6.54 Å². The molecule has 2 aromatic rings. The average molecular weight is 340 g/mol. The van der Waals surface area contributed by atoms with E-state index in [1.165, 1.54) is 6.07 Å².